The first-order chi connectivity index (χ1) is 16.5. The Morgan fingerprint density at radius 3 is 2.66 bits per heavy atom. The molecule has 3 heterocycles. The van der Waals surface area contributed by atoms with E-state index >= 15 is 0 Å². The van der Waals surface area contributed by atoms with Gasteiger partial charge in [0, 0.05) is 24.8 Å². The number of halogens is 3. The number of alkyl halides is 2. The Hall–Kier alpha value is -3.33. The lowest BCUT2D eigenvalue weighted by Crippen LogP contribution is -2.50. The van der Waals surface area contributed by atoms with Gasteiger partial charge in [-0.15, -0.1) is 0 Å². The Bertz CT molecular complexity index is 1200. The Balaban J connectivity index is 1.45. The molecular formula is C23H23F3N5O3P. The van der Waals surface area contributed by atoms with Crippen molar-refractivity contribution in [2.45, 2.75) is 37.5 Å². The fourth-order valence-electron chi connectivity index (χ4n) is 4.20. The first kappa shape index (κ1) is 24.8. The highest BCUT2D eigenvalue weighted by molar-refractivity contribution is 7.20. The summed E-state index contributed by atoms with van der Waals surface area (Å²) >= 11 is 0. The zero-order valence-corrected chi connectivity index (χ0v) is 19.7. The molecule has 2 aliphatic rings. The molecule has 0 radical (unpaired) electrons. The van der Waals surface area contributed by atoms with Crippen molar-refractivity contribution in [1.29, 1.82) is 0 Å². The van der Waals surface area contributed by atoms with Crippen LogP contribution in [-0.2, 0) is 22.6 Å². The number of aliphatic imine (C=N–C) groups is 1. The minimum absolute atomic E-state index is 0.0845. The summed E-state index contributed by atoms with van der Waals surface area (Å²) < 4.78 is 39.3. The van der Waals surface area contributed by atoms with Gasteiger partial charge in [-0.25, -0.2) is 4.39 Å². The highest BCUT2D eigenvalue weighted by atomic mass is 31.0. The van der Waals surface area contributed by atoms with E-state index in [-0.39, 0.29) is 47.8 Å². The number of aromatic nitrogens is 1. The number of pyridine rings is 1. The van der Waals surface area contributed by atoms with E-state index in [1.165, 1.54) is 24.4 Å². The molecule has 8 nitrogen and oxygen atoms in total. The standard InChI is InChI=1S/C23H23F3N5O3P/c24-15-5-3-13(4-6-15)8-19(32)30-7-1-2-16(11-30)31-12-18-17(21(31)33)9-14(10-28-18)20(27)29-22(34)23(25,26)35/h3-6,9-10,16H,1-2,7-8,11-12,35H2,(H2,27,29,34). The van der Waals surface area contributed by atoms with Gasteiger partial charge in [0.1, 0.15) is 11.7 Å². The van der Waals surface area contributed by atoms with Crippen LogP contribution in [0.3, 0.4) is 0 Å². The fourth-order valence-corrected chi connectivity index (χ4v) is 4.26. The molecule has 12 heteroatoms. The zero-order valence-electron chi connectivity index (χ0n) is 18.6. The van der Waals surface area contributed by atoms with Crippen molar-refractivity contribution in [3.8, 4) is 0 Å². The molecule has 2 aromatic rings. The van der Waals surface area contributed by atoms with Crippen LogP contribution in [0.1, 0.15) is 40.0 Å². The number of nitrogens with two attached hydrogens (primary N) is 1. The van der Waals surface area contributed by atoms with E-state index in [4.69, 9.17) is 5.73 Å². The van der Waals surface area contributed by atoms with Crippen molar-refractivity contribution in [2.75, 3.05) is 13.1 Å². The third-order valence-corrected chi connectivity index (χ3v) is 6.29. The van der Waals surface area contributed by atoms with E-state index in [0.29, 0.717) is 37.2 Å². The van der Waals surface area contributed by atoms with Gasteiger partial charge in [-0.05, 0) is 36.6 Å². The highest BCUT2D eigenvalue weighted by Crippen LogP contribution is 2.28. The first-order valence-corrected chi connectivity index (χ1v) is 11.5. The Morgan fingerprint density at radius 1 is 1.26 bits per heavy atom. The van der Waals surface area contributed by atoms with Crippen LogP contribution < -0.4 is 5.73 Å². The molecule has 1 aromatic heterocycles. The molecule has 184 valence electrons. The number of amides is 3. The number of fused-ring (bicyclic) bond motifs is 1. The summed E-state index contributed by atoms with van der Waals surface area (Å²) in [4.78, 5) is 48.1. The molecule has 4 rings (SSSR count). The summed E-state index contributed by atoms with van der Waals surface area (Å²) in [6, 6.07) is 6.92. The summed E-state index contributed by atoms with van der Waals surface area (Å²) in [5, 5.41) is 0. The van der Waals surface area contributed by atoms with Gasteiger partial charge in [-0.3, -0.25) is 19.4 Å². The Labute approximate surface area is 201 Å². The topological polar surface area (TPSA) is 109 Å². The molecule has 2 N–H and O–H groups in total. The number of rotatable bonds is 5. The largest absolute Gasteiger partial charge is 0.383 e. The molecule has 1 saturated heterocycles. The monoisotopic (exact) mass is 505 g/mol. The maximum absolute atomic E-state index is 13.1. The molecule has 0 spiro atoms. The van der Waals surface area contributed by atoms with E-state index in [0.717, 1.165) is 9.24 Å². The number of carbonyl (C=O) groups is 3. The second kappa shape index (κ2) is 9.73. The van der Waals surface area contributed by atoms with Crippen molar-refractivity contribution in [1.82, 2.24) is 14.8 Å². The van der Waals surface area contributed by atoms with E-state index in [2.05, 4.69) is 9.98 Å². The van der Waals surface area contributed by atoms with Crippen molar-refractivity contribution < 1.29 is 27.6 Å². The number of hydrogen-bond donors (Lipinski definition) is 1. The van der Waals surface area contributed by atoms with Crippen LogP contribution in [-0.4, -0.2) is 63.1 Å². The number of hydrogen-bond acceptors (Lipinski definition) is 4. The number of nitrogens with zero attached hydrogens (tertiary/aromatic N) is 4. The number of piperidine rings is 1. The number of carbonyl (C=O) groups excluding carboxylic acids is 3. The molecule has 2 unspecified atom stereocenters. The quantitative estimate of drug-likeness (QED) is 0.381. The predicted molar refractivity (Wildman–Crippen MR) is 124 cm³/mol. The minimum atomic E-state index is -3.75. The number of amidine groups is 1. The summed E-state index contributed by atoms with van der Waals surface area (Å²) in [5.41, 5.74) is 3.47. The second-order valence-corrected chi connectivity index (χ2v) is 9.24. The summed E-state index contributed by atoms with van der Waals surface area (Å²) in [7, 11) is 1.09. The SMILES string of the molecule is NC(=NC(=O)C(F)(F)P)c1cnc2c(c1)C(=O)N(C1CCCN(C(=O)Cc3ccc(F)cc3)C1)C2. The molecule has 0 saturated carbocycles. The van der Waals surface area contributed by atoms with Gasteiger partial charge in [0.25, 0.3) is 5.91 Å². The Kier molecular flexibility index (Phi) is 6.89. The fraction of sp³-hybridized carbons (Fsp3) is 0.348. The maximum atomic E-state index is 13.1. The molecule has 2 aliphatic heterocycles. The van der Waals surface area contributed by atoms with E-state index in [1.807, 2.05) is 0 Å². The van der Waals surface area contributed by atoms with E-state index in [1.54, 1.807) is 21.9 Å². The molecule has 1 aromatic carbocycles. The van der Waals surface area contributed by atoms with Gasteiger partial charge < -0.3 is 15.5 Å². The highest BCUT2D eigenvalue weighted by Gasteiger charge is 2.37. The number of benzene rings is 1. The van der Waals surface area contributed by atoms with E-state index < -0.39 is 17.4 Å². The van der Waals surface area contributed by atoms with Crippen LogP contribution in [0, 0.1) is 5.82 Å². The van der Waals surface area contributed by atoms with Crippen LogP contribution in [0.15, 0.2) is 41.5 Å². The zero-order chi connectivity index (χ0) is 25.3. The van der Waals surface area contributed by atoms with Gasteiger partial charge in [0.2, 0.25) is 5.91 Å². The summed E-state index contributed by atoms with van der Waals surface area (Å²) in [5.74, 6) is -2.98. The van der Waals surface area contributed by atoms with Crippen molar-refractivity contribution in [2.24, 2.45) is 10.7 Å². The average molecular weight is 505 g/mol. The van der Waals surface area contributed by atoms with Crippen molar-refractivity contribution in [3.63, 3.8) is 0 Å². The smallest absolute Gasteiger partial charge is 0.337 e. The van der Waals surface area contributed by atoms with Crippen LogP contribution in [0.2, 0.25) is 0 Å². The molecule has 0 bridgehead atoms. The molecular weight excluding hydrogens is 482 g/mol. The lowest BCUT2D eigenvalue weighted by Gasteiger charge is -2.37. The third kappa shape index (κ3) is 5.51. The summed E-state index contributed by atoms with van der Waals surface area (Å²) in [6.07, 6.45) is 2.83. The average Bonchev–Trinajstić information content (AvgIpc) is 3.15. The molecule has 1 fully saturated rings. The molecule has 2 atom stereocenters. The third-order valence-electron chi connectivity index (χ3n) is 6.04. The van der Waals surface area contributed by atoms with Gasteiger partial charge in [0.15, 0.2) is 0 Å². The van der Waals surface area contributed by atoms with Crippen LogP contribution in [0.4, 0.5) is 13.2 Å². The van der Waals surface area contributed by atoms with Crippen LogP contribution >= 0.6 is 9.24 Å². The van der Waals surface area contributed by atoms with Gasteiger partial charge in [-0.2, -0.15) is 13.8 Å². The normalized spacial score (nSPS) is 18.6. The molecule has 35 heavy (non-hydrogen) atoms. The van der Waals surface area contributed by atoms with Crippen molar-refractivity contribution in [3.05, 3.63) is 64.7 Å². The number of likely N-dealkylation sites (tertiary alicyclic amines) is 1. The van der Waals surface area contributed by atoms with Crippen LogP contribution in [0.25, 0.3) is 0 Å². The minimum Gasteiger partial charge on any atom is -0.383 e. The van der Waals surface area contributed by atoms with Crippen molar-refractivity contribution >= 4 is 32.8 Å². The first-order valence-electron chi connectivity index (χ1n) is 10.9. The molecule has 3 amide bonds. The van der Waals surface area contributed by atoms with Gasteiger partial charge in [-0.1, -0.05) is 21.4 Å². The predicted octanol–water partition coefficient (Wildman–Crippen LogP) is 2.11. The lowest BCUT2D eigenvalue weighted by atomic mass is 10.0. The summed E-state index contributed by atoms with van der Waals surface area (Å²) in [6.45, 7) is 1.15. The van der Waals surface area contributed by atoms with E-state index in [9.17, 15) is 27.6 Å². The molecule has 0 aliphatic carbocycles. The second-order valence-electron chi connectivity index (χ2n) is 8.52. The lowest BCUT2D eigenvalue weighted by molar-refractivity contribution is -0.132. The van der Waals surface area contributed by atoms with Gasteiger partial charge >= 0.3 is 11.6 Å². The maximum Gasteiger partial charge on any atom is 0.337 e. The van der Waals surface area contributed by atoms with Gasteiger partial charge in [0.05, 0.1) is 30.3 Å². The van der Waals surface area contributed by atoms with Crippen LogP contribution in [0.5, 0.6) is 0 Å². The Morgan fingerprint density at radius 2 is 1.97 bits per heavy atom.